The monoisotopic (exact) mass is 365 g/mol. The van der Waals surface area contributed by atoms with Crippen molar-refractivity contribution in [2.24, 2.45) is 4.99 Å². The fourth-order valence-corrected chi connectivity index (χ4v) is 3.70. The number of nitrogens with zero attached hydrogens (tertiary/aromatic N) is 3. The summed E-state index contributed by atoms with van der Waals surface area (Å²) in [6.07, 6.45) is 14.3. The largest absolute Gasteiger partial charge is 0.503 e. The van der Waals surface area contributed by atoms with Crippen LogP contribution in [0, 0.1) is 0 Å². The van der Waals surface area contributed by atoms with Crippen LogP contribution in [0.15, 0.2) is 71.2 Å². The lowest BCUT2D eigenvalue weighted by Gasteiger charge is -2.26. The average molecular weight is 365 g/mol. The van der Waals surface area contributed by atoms with Crippen LogP contribution in [0.25, 0.3) is 0 Å². The lowest BCUT2D eigenvalue weighted by molar-refractivity contribution is 0.288. The summed E-state index contributed by atoms with van der Waals surface area (Å²) in [6.45, 7) is 10.1. The van der Waals surface area contributed by atoms with E-state index in [4.69, 9.17) is 0 Å². The van der Waals surface area contributed by atoms with Gasteiger partial charge in [-0.3, -0.25) is 14.7 Å². The van der Waals surface area contributed by atoms with Gasteiger partial charge in [0, 0.05) is 24.8 Å². The van der Waals surface area contributed by atoms with Crippen LogP contribution in [0.2, 0.25) is 0 Å². The Hall–Kier alpha value is -2.66. The normalized spacial score (nSPS) is 20.5. The highest BCUT2D eigenvalue weighted by Gasteiger charge is 2.29. The molecule has 0 radical (unpaired) electrons. The molecule has 1 aromatic rings. The van der Waals surface area contributed by atoms with Gasteiger partial charge in [-0.05, 0) is 43.5 Å². The molecule has 0 aromatic carbocycles. The summed E-state index contributed by atoms with van der Waals surface area (Å²) < 4.78 is 1.49. The molecule has 0 bridgehead atoms. The molecule has 5 nitrogen and oxygen atoms in total. The highest BCUT2D eigenvalue weighted by atomic mass is 16.3. The van der Waals surface area contributed by atoms with E-state index in [0.29, 0.717) is 18.7 Å². The van der Waals surface area contributed by atoms with E-state index in [0.717, 1.165) is 43.6 Å². The van der Waals surface area contributed by atoms with Crippen molar-refractivity contribution >= 4 is 5.71 Å². The third-order valence-electron chi connectivity index (χ3n) is 5.13. The zero-order valence-corrected chi connectivity index (χ0v) is 15.7. The smallest absolute Gasteiger partial charge is 0.293 e. The quantitative estimate of drug-likeness (QED) is 0.755. The lowest BCUT2D eigenvalue weighted by Crippen LogP contribution is -2.36. The molecular formula is C22H27N3O2. The summed E-state index contributed by atoms with van der Waals surface area (Å²) in [4.78, 5) is 19.5. The fraction of sp³-hybridized carbons (Fsp3) is 0.364. The van der Waals surface area contributed by atoms with Crippen molar-refractivity contribution in [3.05, 3.63) is 77.3 Å². The van der Waals surface area contributed by atoms with E-state index in [2.05, 4.69) is 35.2 Å². The zero-order chi connectivity index (χ0) is 19.2. The van der Waals surface area contributed by atoms with E-state index in [9.17, 15) is 9.90 Å². The average Bonchev–Trinajstić information content (AvgIpc) is 3.16. The maximum Gasteiger partial charge on any atom is 0.293 e. The third-order valence-corrected chi connectivity index (χ3v) is 5.13. The van der Waals surface area contributed by atoms with E-state index in [1.54, 1.807) is 24.4 Å². The molecule has 1 atom stereocenters. The van der Waals surface area contributed by atoms with Crippen LogP contribution in [-0.2, 0) is 13.1 Å². The van der Waals surface area contributed by atoms with E-state index in [1.807, 2.05) is 6.07 Å². The Balaban J connectivity index is 1.78. The van der Waals surface area contributed by atoms with Crippen LogP contribution in [-0.4, -0.2) is 39.4 Å². The predicted molar refractivity (Wildman–Crippen MR) is 110 cm³/mol. The molecule has 27 heavy (non-hydrogen) atoms. The molecular weight excluding hydrogens is 338 g/mol. The fourth-order valence-electron chi connectivity index (χ4n) is 3.70. The van der Waals surface area contributed by atoms with Crippen molar-refractivity contribution in [2.45, 2.75) is 38.4 Å². The number of allylic oxidation sites excluding steroid dienone is 4. The minimum Gasteiger partial charge on any atom is -0.503 e. The Morgan fingerprint density at radius 3 is 2.96 bits per heavy atom. The molecule has 2 aliphatic rings. The maximum absolute atomic E-state index is 12.6. The first kappa shape index (κ1) is 19.1. The van der Waals surface area contributed by atoms with Gasteiger partial charge >= 0.3 is 0 Å². The number of likely N-dealkylation sites (tertiary alicyclic amines) is 1. The Labute approximate surface area is 160 Å². The Morgan fingerprint density at radius 2 is 2.26 bits per heavy atom. The molecule has 0 aliphatic carbocycles. The molecule has 0 amide bonds. The van der Waals surface area contributed by atoms with Gasteiger partial charge in [0.05, 0.1) is 18.3 Å². The van der Waals surface area contributed by atoms with Gasteiger partial charge in [-0.25, -0.2) is 0 Å². The van der Waals surface area contributed by atoms with Gasteiger partial charge < -0.3 is 9.67 Å². The minimum atomic E-state index is -0.380. The number of aromatic hydroxyl groups is 1. The first-order valence-electron chi connectivity index (χ1n) is 9.44. The van der Waals surface area contributed by atoms with Crippen LogP contribution >= 0.6 is 0 Å². The first-order chi connectivity index (χ1) is 13.1. The van der Waals surface area contributed by atoms with Crippen molar-refractivity contribution in [1.82, 2.24) is 9.47 Å². The van der Waals surface area contributed by atoms with Gasteiger partial charge in [-0.15, -0.1) is 0 Å². The van der Waals surface area contributed by atoms with Gasteiger partial charge in [0.2, 0.25) is 0 Å². The molecule has 142 valence electrons. The van der Waals surface area contributed by atoms with E-state index in [1.165, 1.54) is 4.57 Å². The zero-order valence-electron chi connectivity index (χ0n) is 15.7. The van der Waals surface area contributed by atoms with Crippen LogP contribution in [0.5, 0.6) is 5.75 Å². The molecule has 1 N–H and O–H groups in total. The van der Waals surface area contributed by atoms with E-state index >= 15 is 0 Å². The highest BCUT2D eigenvalue weighted by molar-refractivity contribution is 5.99. The van der Waals surface area contributed by atoms with Crippen molar-refractivity contribution in [3.63, 3.8) is 0 Å². The number of rotatable bonds is 7. The van der Waals surface area contributed by atoms with Crippen molar-refractivity contribution in [2.75, 3.05) is 13.1 Å². The maximum atomic E-state index is 12.6. The molecule has 1 saturated heterocycles. The molecule has 3 rings (SSSR count). The summed E-state index contributed by atoms with van der Waals surface area (Å²) >= 11 is 0. The minimum absolute atomic E-state index is 0.175. The van der Waals surface area contributed by atoms with Crippen molar-refractivity contribution in [1.29, 1.82) is 0 Å². The van der Waals surface area contributed by atoms with Gasteiger partial charge in [0.25, 0.3) is 5.56 Å². The summed E-state index contributed by atoms with van der Waals surface area (Å²) in [7, 11) is 0. The third kappa shape index (κ3) is 4.37. The molecule has 1 unspecified atom stereocenters. The lowest BCUT2D eigenvalue weighted by atomic mass is 10.1. The van der Waals surface area contributed by atoms with Crippen molar-refractivity contribution < 1.29 is 5.11 Å². The molecule has 3 heterocycles. The molecule has 2 aliphatic heterocycles. The van der Waals surface area contributed by atoms with E-state index < -0.39 is 0 Å². The summed E-state index contributed by atoms with van der Waals surface area (Å²) in [5.41, 5.74) is 2.27. The number of hydrogen-bond donors (Lipinski definition) is 1. The van der Waals surface area contributed by atoms with Crippen LogP contribution in [0.3, 0.4) is 0 Å². The van der Waals surface area contributed by atoms with Gasteiger partial charge in [0.1, 0.15) is 0 Å². The number of aliphatic imine (C=N–C) groups is 1. The molecule has 0 spiro atoms. The highest BCUT2D eigenvalue weighted by Crippen LogP contribution is 2.25. The Morgan fingerprint density at radius 1 is 1.41 bits per heavy atom. The number of hydrogen-bond acceptors (Lipinski definition) is 4. The van der Waals surface area contributed by atoms with Crippen LogP contribution in [0.1, 0.15) is 24.8 Å². The molecule has 5 heteroatoms. The number of dihydropyridines is 1. The van der Waals surface area contributed by atoms with Gasteiger partial charge in [-0.1, -0.05) is 37.5 Å². The van der Waals surface area contributed by atoms with Crippen molar-refractivity contribution in [3.8, 4) is 5.75 Å². The topological polar surface area (TPSA) is 57.8 Å². The predicted octanol–water partition coefficient (Wildman–Crippen LogP) is 3.22. The number of aromatic nitrogens is 1. The Kier molecular flexibility index (Phi) is 6.24. The summed E-state index contributed by atoms with van der Waals surface area (Å²) in [5, 5.41) is 10.5. The summed E-state index contributed by atoms with van der Waals surface area (Å²) in [6, 6.07) is 2.10. The van der Waals surface area contributed by atoms with Crippen LogP contribution < -0.4 is 5.56 Å². The van der Waals surface area contributed by atoms with E-state index in [-0.39, 0.29) is 17.4 Å². The number of pyridine rings is 1. The SMILES string of the molecule is C=C/C=C(\C=C)Cn1ccc(CN2CCCC2C2=NCCC=C2)c(O)c1=O. The standard InChI is InChI=1S/C22H27N3O2/c1-3-8-17(4-2)15-25-14-11-18(21(26)22(25)27)16-24-13-7-10-20(24)19-9-5-6-12-23-19/h3-5,8-9,11,14,20,26H,1-2,6-7,10,12-13,15-16H2/b17-8+. The molecule has 1 fully saturated rings. The molecule has 1 aromatic heterocycles. The van der Waals surface area contributed by atoms with Gasteiger partial charge in [-0.2, -0.15) is 0 Å². The van der Waals surface area contributed by atoms with Gasteiger partial charge in [0.15, 0.2) is 5.75 Å². The Bertz CT molecular complexity index is 861. The first-order valence-corrected chi connectivity index (χ1v) is 9.44. The van der Waals surface area contributed by atoms with Crippen LogP contribution in [0.4, 0.5) is 0 Å². The second-order valence-corrected chi connectivity index (χ2v) is 6.93. The summed E-state index contributed by atoms with van der Waals surface area (Å²) in [5.74, 6) is -0.175. The second kappa shape index (κ2) is 8.82. The second-order valence-electron chi connectivity index (χ2n) is 6.93. The molecule has 0 saturated carbocycles.